The number of benzene rings is 2. The number of primary amides is 1. The van der Waals surface area contributed by atoms with Gasteiger partial charge >= 0.3 is 0 Å². The minimum Gasteiger partial charge on any atom is -0.490 e. The highest BCUT2D eigenvalue weighted by Gasteiger charge is 2.16. The maximum Gasteiger partial charge on any atom is 0.259 e. The smallest absolute Gasteiger partial charge is 0.259 e. The number of halogens is 1. The van der Waals surface area contributed by atoms with Crippen molar-refractivity contribution in [3.8, 4) is 5.75 Å². The van der Waals surface area contributed by atoms with Crippen LogP contribution in [-0.4, -0.2) is 18.4 Å². The number of carbonyl (C=O) groups is 2. The molecule has 0 aromatic heterocycles. The van der Waals surface area contributed by atoms with Crippen molar-refractivity contribution in [3.05, 3.63) is 59.4 Å². The summed E-state index contributed by atoms with van der Waals surface area (Å²) >= 11 is 0. The second kappa shape index (κ2) is 7.40. The van der Waals surface area contributed by atoms with E-state index in [1.54, 1.807) is 31.2 Å². The highest BCUT2D eigenvalue weighted by atomic mass is 19.1. The van der Waals surface area contributed by atoms with Crippen LogP contribution < -0.4 is 15.8 Å². The lowest BCUT2D eigenvalue weighted by Gasteiger charge is -2.11. The van der Waals surface area contributed by atoms with Gasteiger partial charge in [-0.3, -0.25) is 9.59 Å². The van der Waals surface area contributed by atoms with Gasteiger partial charge in [0.15, 0.2) is 11.6 Å². The molecule has 6 heteroatoms. The molecule has 0 fully saturated rings. The van der Waals surface area contributed by atoms with Gasteiger partial charge in [0, 0.05) is 5.69 Å². The molecule has 0 aliphatic carbocycles. The van der Waals surface area contributed by atoms with E-state index in [9.17, 15) is 14.0 Å². The summed E-state index contributed by atoms with van der Waals surface area (Å²) < 4.78 is 19.0. The van der Waals surface area contributed by atoms with E-state index in [0.29, 0.717) is 5.69 Å². The lowest BCUT2D eigenvalue weighted by molar-refractivity contribution is -0.117. The van der Waals surface area contributed by atoms with Gasteiger partial charge in [-0.2, -0.15) is 0 Å². The van der Waals surface area contributed by atoms with Crippen LogP contribution in [0.15, 0.2) is 42.5 Å². The summed E-state index contributed by atoms with van der Waals surface area (Å²) in [6, 6.07) is 10.9. The summed E-state index contributed by atoms with van der Waals surface area (Å²) in [7, 11) is 0. The van der Waals surface area contributed by atoms with Crippen LogP contribution >= 0.6 is 0 Å². The molecule has 0 radical (unpaired) electrons. The fourth-order valence-corrected chi connectivity index (χ4v) is 2.08. The number of anilines is 1. The van der Waals surface area contributed by atoms with Crippen molar-refractivity contribution in [2.45, 2.75) is 13.3 Å². The summed E-state index contributed by atoms with van der Waals surface area (Å²) in [4.78, 5) is 23.1. The molecule has 0 saturated carbocycles. The molecule has 2 aromatic carbocycles. The molecule has 0 aliphatic rings. The zero-order valence-corrected chi connectivity index (χ0v) is 12.6. The van der Waals surface area contributed by atoms with Crippen LogP contribution in [0.3, 0.4) is 0 Å². The Kier molecular flexibility index (Phi) is 5.30. The lowest BCUT2D eigenvalue weighted by Crippen LogP contribution is -2.15. The Morgan fingerprint density at radius 2 is 1.87 bits per heavy atom. The number of nitrogens with two attached hydrogens (primary N) is 1. The highest BCUT2D eigenvalue weighted by Crippen LogP contribution is 2.24. The van der Waals surface area contributed by atoms with E-state index in [2.05, 4.69) is 5.32 Å². The maximum atomic E-state index is 13.8. The summed E-state index contributed by atoms with van der Waals surface area (Å²) in [5.74, 6) is -1.56. The molecular weight excluding hydrogens is 299 g/mol. The predicted molar refractivity (Wildman–Crippen MR) is 84.9 cm³/mol. The van der Waals surface area contributed by atoms with Gasteiger partial charge < -0.3 is 15.8 Å². The molecule has 0 spiro atoms. The quantitative estimate of drug-likeness (QED) is 0.859. The number of hydrogen-bond acceptors (Lipinski definition) is 3. The third-order valence-electron chi connectivity index (χ3n) is 3.09. The topological polar surface area (TPSA) is 81.4 Å². The number of hydrogen-bond donors (Lipinski definition) is 2. The van der Waals surface area contributed by atoms with Crippen molar-refractivity contribution in [2.75, 3.05) is 11.9 Å². The summed E-state index contributed by atoms with van der Waals surface area (Å²) in [6.07, 6.45) is 0.132. The first kappa shape index (κ1) is 16.5. The van der Waals surface area contributed by atoms with Gasteiger partial charge in [0.1, 0.15) is 0 Å². The minimum absolute atomic E-state index is 0.0714. The minimum atomic E-state index is -0.587. The Morgan fingerprint density at radius 3 is 2.48 bits per heavy atom. The van der Waals surface area contributed by atoms with Gasteiger partial charge in [0.2, 0.25) is 5.91 Å². The zero-order chi connectivity index (χ0) is 16.8. The van der Waals surface area contributed by atoms with E-state index < -0.39 is 17.6 Å². The van der Waals surface area contributed by atoms with Crippen molar-refractivity contribution < 1.29 is 18.7 Å². The van der Waals surface area contributed by atoms with Crippen molar-refractivity contribution in [2.24, 2.45) is 5.73 Å². The van der Waals surface area contributed by atoms with Crippen molar-refractivity contribution >= 4 is 17.5 Å². The predicted octanol–water partition coefficient (Wildman–Crippen LogP) is 2.50. The van der Waals surface area contributed by atoms with E-state index in [1.807, 2.05) is 0 Å². The van der Waals surface area contributed by atoms with E-state index in [-0.39, 0.29) is 24.3 Å². The van der Waals surface area contributed by atoms with Gasteiger partial charge in [-0.25, -0.2) is 4.39 Å². The molecule has 2 amide bonds. The maximum absolute atomic E-state index is 13.8. The lowest BCUT2D eigenvalue weighted by atomic mass is 10.1. The van der Waals surface area contributed by atoms with Gasteiger partial charge in [0.05, 0.1) is 18.6 Å². The third-order valence-corrected chi connectivity index (χ3v) is 3.09. The average molecular weight is 316 g/mol. The summed E-state index contributed by atoms with van der Waals surface area (Å²) in [5, 5.41) is 2.66. The van der Waals surface area contributed by atoms with Crippen LogP contribution in [0, 0.1) is 5.82 Å². The number of nitrogens with one attached hydrogen (secondary N) is 1. The Balaban J connectivity index is 2.16. The molecule has 0 heterocycles. The second-order valence-electron chi connectivity index (χ2n) is 4.84. The zero-order valence-electron chi connectivity index (χ0n) is 12.6. The summed E-state index contributed by atoms with van der Waals surface area (Å²) in [6.45, 7) is 1.97. The number of ether oxygens (including phenoxy) is 1. The van der Waals surface area contributed by atoms with Crippen LogP contribution in [-0.2, 0) is 11.2 Å². The molecule has 23 heavy (non-hydrogen) atoms. The normalized spacial score (nSPS) is 10.2. The molecule has 0 unspecified atom stereocenters. The summed E-state index contributed by atoms with van der Waals surface area (Å²) in [5.41, 5.74) is 6.51. The van der Waals surface area contributed by atoms with Crippen molar-refractivity contribution in [3.63, 3.8) is 0 Å². The first-order valence-corrected chi connectivity index (χ1v) is 7.11. The van der Waals surface area contributed by atoms with Gasteiger partial charge in [0.25, 0.3) is 5.91 Å². The monoisotopic (exact) mass is 316 g/mol. The Morgan fingerprint density at radius 1 is 1.17 bits per heavy atom. The molecule has 0 bridgehead atoms. The van der Waals surface area contributed by atoms with Crippen LogP contribution in [0.1, 0.15) is 22.8 Å². The number of rotatable bonds is 6. The van der Waals surface area contributed by atoms with Crippen LogP contribution in [0.4, 0.5) is 10.1 Å². The van der Waals surface area contributed by atoms with E-state index in [4.69, 9.17) is 10.5 Å². The third kappa shape index (κ3) is 4.29. The Bertz CT molecular complexity index is 714. The molecule has 5 nitrogen and oxygen atoms in total. The SMILES string of the molecule is CCOc1c(F)cccc1C(=O)Nc1ccc(CC(N)=O)cc1. The van der Waals surface area contributed by atoms with Crippen LogP contribution in [0.2, 0.25) is 0 Å². The largest absolute Gasteiger partial charge is 0.490 e. The van der Waals surface area contributed by atoms with E-state index >= 15 is 0 Å². The van der Waals surface area contributed by atoms with Crippen molar-refractivity contribution in [1.82, 2.24) is 0 Å². The van der Waals surface area contributed by atoms with E-state index in [0.717, 1.165) is 5.56 Å². The average Bonchev–Trinajstić information content (AvgIpc) is 2.51. The molecule has 120 valence electrons. The molecule has 2 aromatic rings. The van der Waals surface area contributed by atoms with Gasteiger partial charge in [-0.05, 0) is 36.8 Å². The van der Waals surface area contributed by atoms with Gasteiger partial charge in [-0.15, -0.1) is 0 Å². The Hall–Kier alpha value is -2.89. The van der Waals surface area contributed by atoms with Crippen LogP contribution in [0.25, 0.3) is 0 Å². The fourth-order valence-electron chi connectivity index (χ4n) is 2.08. The molecule has 0 saturated heterocycles. The van der Waals surface area contributed by atoms with Crippen LogP contribution in [0.5, 0.6) is 5.75 Å². The molecule has 0 aliphatic heterocycles. The highest BCUT2D eigenvalue weighted by molar-refractivity contribution is 6.06. The fraction of sp³-hybridized carbons (Fsp3) is 0.176. The molecule has 3 N–H and O–H groups in total. The van der Waals surface area contributed by atoms with Gasteiger partial charge in [-0.1, -0.05) is 18.2 Å². The first-order chi connectivity index (χ1) is 11.0. The molecule has 0 atom stereocenters. The second-order valence-corrected chi connectivity index (χ2v) is 4.84. The van der Waals surface area contributed by atoms with Crippen molar-refractivity contribution in [1.29, 1.82) is 0 Å². The number of para-hydroxylation sites is 1. The molecule has 2 rings (SSSR count). The Labute approximate surface area is 133 Å². The first-order valence-electron chi connectivity index (χ1n) is 7.11. The van der Waals surface area contributed by atoms with E-state index in [1.165, 1.54) is 18.2 Å². The molecular formula is C17H17FN2O3. The number of carbonyl (C=O) groups excluding carboxylic acids is 2. The standard InChI is InChI=1S/C17H17FN2O3/c1-2-23-16-13(4-3-5-14(16)18)17(22)20-12-8-6-11(7-9-12)10-15(19)21/h3-9H,2,10H2,1H3,(H2,19,21)(H,20,22). The number of amides is 2.